The van der Waals surface area contributed by atoms with Gasteiger partial charge in [0.25, 0.3) is 0 Å². The van der Waals surface area contributed by atoms with Crippen molar-refractivity contribution >= 4 is 39.5 Å². The van der Waals surface area contributed by atoms with Gasteiger partial charge in [0, 0.05) is 25.7 Å². The number of hydrogen-bond donors (Lipinski definition) is 3. The molecule has 0 radical (unpaired) electrons. The summed E-state index contributed by atoms with van der Waals surface area (Å²) >= 11 is 0. The fourth-order valence-corrected chi connectivity index (χ4v) is 12.2. The first kappa shape index (κ1) is 92.8. The van der Waals surface area contributed by atoms with E-state index in [-0.39, 0.29) is 25.7 Å². The Morgan fingerprint density at radius 1 is 0.302 bits per heavy atom. The van der Waals surface area contributed by atoms with Crippen LogP contribution in [0.25, 0.3) is 0 Å². The molecular formula is C77H140O17P2. The first-order chi connectivity index (χ1) is 46.7. The summed E-state index contributed by atoms with van der Waals surface area (Å²) in [6.45, 7) is 4.75. The molecule has 17 nitrogen and oxygen atoms in total. The van der Waals surface area contributed by atoms with E-state index in [0.29, 0.717) is 25.7 Å². The number of aliphatic hydroxyl groups excluding tert-OH is 1. The van der Waals surface area contributed by atoms with E-state index in [0.717, 1.165) is 128 Å². The maximum absolute atomic E-state index is 13.1. The molecule has 0 bridgehead atoms. The normalized spacial score (nSPS) is 14.3. The van der Waals surface area contributed by atoms with E-state index in [1.165, 1.54) is 141 Å². The van der Waals surface area contributed by atoms with Crippen LogP contribution in [0.1, 0.15) is 349 Å². The lowest BCUT2D eigenvalue weighted by Gasteiger charge is -2.21. The van der Waals surface area contributed by atoms with E-state index in [4.69, 9.17) is 37.0 Å². The number of allylic oxidation sites excluding steroid dienone is 10. The second-order valence-corrected chi connectivity index (χ2v) is 28.8. The molecule has 0 aliphatic carbocycles. The summed E-state index contributed by atoms with van der Waals surface area (Å²) in [7, 11) is -9.94. The summed E-state index contributed by atoms with van der Waals surface area (Å²) in [5.41, 5.74) is 0. The van der Waals surface area contributed by atoms with Gasteiger partial charge in [0.1, 0.15) is 19.3 Å². The average Bonchev–Trinajstić information content (AvgIpc) is 1.09. The van der Waals surface area contributed by atoms with Crippen molar-refractivity contribution in [1.82, 2.24) is 0 Å². The van der Waals surface area contributed by atoms with Crippen LogP contribution >= 0.6 is 15.6 Å². The van der Waals surface area contributed by atoms with Gasteiger partial charge >= 0.3 is 39.5 Å². The zero-order valence-electron chi connectivity index (χ0n) is 61.1. The number of esters is 4. The quantitative estimate of drug-likeness (QED) is 0.0169. The predicted molar refractivity (Wildman–Crippen MR) is 390 cm³/mol. The van der Waals surface area contributed by atoms with E-state index >= 15 is 0 Å². The summed E-state index contributed by atoms with van der Waals surface area (Å²) in [4.78, 5) is 72.8. The standard InChI is InChI=1S/C77H140O17P2/c1-5-9-13-17-21-25-29-32-35-38-42-45-49-53-57-61-74(79)87-67-72(93-76(81)63-59-55-51-47-41-28-24-20-16-12-8-4)69-91-95(83,84)89-65-71(78)66-90-96(85,86)92-70-73(94-77(82)64-60-56-52-48-44-40-37-34-31-27-23-19-15-11-7-3)68-88-75(80)62-58-54-50-46-43-39-36-33-30-26-22-18-14-10-6-2/h10,14,22,26,32-33,35-36,43,46,71-73,78H,5-9,11-13,15-21,23-25,27-31,34,37-42,44-45,47-70H2,1-4H3,(H,83,84)(H,85,86)/b14-10-,26-22-,35-32-,36-33-,46-43-. The van der Waals surface area contributed by atoms with Gasteiger partial charge < -0.3 is 33.8 Å². The second kappa shape index (κ2) is 70.2. The topological polar surface area (TPSA) is 237 Å². The molecule has 0 aliphatic heterocycles. The molecule has 0 aliphatic rings. The van der Waals surface area contributed by atoms with Crippen LogP contribution in [0.3, 0.4) is 0 Å². The Balaban J connectivity index is 5.33. The number of unbranched alkanes of at least 4 members (excludes halogenated alkanes) is 37. The van der Waals surface area contributed by atoms with Gasteiger partial charge in [-0.3, -0.25) is 37.3 Å². The summed E-state index contributed by atoms with van der Waals surface area (Å²) in [6.07, 6.45) is 67.9. The van der Waals surface area contributed by atoms with Crippen LogP contribution in [-0.4, -0.2) is 96.7 Å². The third kappa shape index (κ3) is 69.2. The van der Waals surface area contributed by atoms with Crippen LogP contribution in [-0.2, 0) is 65.4 Å². The van der Waals surface area contributed by atoms with Crippen molar-refractivity contribution < 1.29 is 80.2 Å². The fraction of sp³-hybridized carbons (Fsp3) is 0.818. The number of ether oxygens (including phenoxy) is 4. The van der Waals surface area contributed by atoms with Crippen molar-refractivity contribution in [3.8, 4) is 0 Å². The number of phosphoric acid groups is 2. The lowest BCUT2D eigenvalue weighted by atomic mass is 10.0. The number of phosphoric ester groups is 2. The SMILES string of the molecule is CC/C=C\C/C=C\C/C=C\C/C=C\CCCCC(=O)OCC(COP(=O)(O)OCC(O)COP(=O)(O)OCC(COC(=O)CCCCCCC/C=C\CCCCCCCC)OC(=O)CCCCCCCCCCCCC)OC(=O)CCCCCCCCCCCCCCCCC. The highest BCUT2D eigenvalue weighted by atomic mass is 31.2. The number of rotatable bonds is 73. The molecule has 0 aromatic carbocycles. The summed E-state index contributed by atoms with van der Waals surface area (Å²) in [5, 5.41) is 10.6. The molecule has 3 N–H and O–H groups in total. The Morgan fingerprint density at radius 2 is 0.542 bits per heavy atom. The minimum atomic E-state index is -4.97. The largest absolute Gasteiger partial charge is 0.472 e. The molecule has 0 saturated heterocycles. The van der Waals surface area contributed by atoms with Gasteiger partial charge in [0.05, 0.1) is 26.4 Å². The number of carbonyl (C=O) groups is 4. The van der Waals surface area contributed by atoms with Crippen LogP contribution in [0.15, 0.2) is 60.8 Å². The van der Waals surface area contributed by atoms with Gasteiger partial charge in [0.15, 0.2) is 12.2 Å². The van der Waals surface area contributed by atoms with Crippen molar-refractivity contribution in [2.75, 3.05) is 39.6 Å². The summed E-state index contributed by atoms with van der Waals surface area (Å²) in [6, 6.07) is 0. The van der Waals surface area contributed by atoms with E-state index in [9.17, 15) is 43.2 Å². The second-order valence-electron chi connectivity index (χ2n) is 25.9. The molecule has 5 unspecified atom stereocenters. The Bertz CT molecular complexity index is 2060. The van der Waals surface area contributed by atoms with E-state index in [1.54, 1.807) is 0 Å². The zero-order chi connectivity index (χ0) is 70.4. The highest BCUT2D eigenvalue weighted by Crippen LogP contribution is 2.45. The van der Waals surface area contributed by atoms with Crippen LogP contribution in [0.4, 0.5) is 0 Å². The molecule has 560 valence electrons. The highest BCUT2D eigenvalue weighted by Gasteiger charge is 2.30. The maximum atomic E-state index is 13.1. The fourth-order valence-electron chi connectivity index (χ4n) is 10.6. The van der Waals surface area contributed by atoms with Crippen molar-refractivity contribution in [1.29, 1.82) is 0 Å². The molecule has 19 heteroatoms. The number of carbonyl (C=O) groups excluding carboxylic acids is 4. The molecule has 5 atom stereocenters. The minimum absolute atomic E-state index is 0.0922. The van der Waals surface area contributed by atoms with Crippen LogP contribution < -0.4 is 0 Å². The average molecular weight is 1400 g/mol. The van der Waals surface area contributed by atoms with E-state index < -0.39 is 97.5 Å². The zero-order valence-corrected chi connectivity index (χ0v) is 62.8. The lowest BCUT2D eigenvalue weighted by Crippen LogP contribution is -2.30. The highest BCUT2D eigenvalue weighted by molar-refractivity contribution is 7.47. The van der Waals surface area contributed by atoms with Gasteiger partial charge in [-0.25, -0.2) is 9.13 Å². The molecular weight excluding hydrogens is 1260 g/mol. The Hall–Kier alpha value is -3.24. The number of hydrogen-bond acceptors (Lipinski definition) is 15. The smallest absolute Gasteiger partial charge is 0.462 e. The molecule has 0 aromatic rings. The van der Waals surface area contributed by atoms with Crippen molar-refractivity contribution in [3.05, 3.63) is 60.8 Å². The van der Waals surface area contributed by atoms with Gasteiger partial charge in [-0.15, -0.1) is 0 Å². The molecule has 0 rings (SSSR count). The minimum Gasteiger partial charge on any atom is -0.462 e. The van der Waals surface area contributed by atoms with Crippen molar-refractivity contribution in [2.24, 2.45) is 0 Å². The molecule has 0 saturated carbocycles. The Morgan fingerprint density at radius 3 is 0.865 bits per heavy atom. The van der Waals surface area contributed by atoms with E-state index in [1.807, 2.05) is 0 Å². The van der Waals surface area contributed by atoms with Crippen LogP contribution in [0.2, 0.25) is 0 Å². The number of aliphatic hydroxyl groups is 1. The molecule has 96 heavy (non-hydrogen) atoms. The lowest BCUT2D eigenvalue weighted by molar-refractivity contribution is -0.161. The third-order valence-corrected chi connectivity index (χ3v) is 18.4. The van der Waals surface area contributed by atoms with Crippen molar-refractivity contribution in [3.63, 3.8) is 0 Å². The maximum Gasteiger partial charge on any atom is 0.472 e. The predicted octanol–water partition coefficient (Wildman–Crippen LogP) is 21.9. The first-order valence-electron chi connectivity index (χ1n) is 38.5. The molecule has 0 aromatic heterocycles. The summed E-state index contributed by atoms with van der Waals surface area (Å²) in [5.74, 6) is -2.20. The van der Waals surface area contributed by atoms with Crippen LogP contribution in [0, 0.1) is 0 Å². The molecule has 0 spiro atoms. The van der Waals surface area contributed by atoms with E-state index in [2.05, 4.69) is 88.5 Å². The Kier molecular flexibility index (Phi) is 67.8. The third-order valence-electron chi connectivity index (χ3n) is 16.5. The Labute approximate surface area is 584 Å². The molecule has 0 heterocycles. The van der Waals surface area contributed by atoms with Gasteiger partial charge in [-0.2, -0.15) is 0 Å². The first-order valence-corrected chi connectivity index (χ1v) is 41.5. The van der Waals surface area contributed by atoms with Gasteiger partial charge in [-0.1, -0.05) is 294 Å². The van der Waals surface area contributed by atoms with Crippen LogP contribution in [0.5, 0.6) is 0 Å². The van der Waals surface area contributed by atoms with Crippen molar-refractivity contribution in [2.45, 2.75) is 367 Å². The summed E-state index contributed by atoms with van der Waals surface area (Å²) < 4.78 is 68.4. The van der Waals surface area contributed by atoms with Gasteiger partial charge in [-0.05, 0) is 89.9 Å². The molecule has 0 amide bonds. The monoisotopic (exact) mass is 1400 g/mol. The van der Waals surface area contributed by atoms with Gasteiger partial charge in [0.2, 0.25) is 0 Å². The molecule has 0 fully saturated rings.